The molecule has 21 heavy (non-hydrogen) atoms. The van der Waals surface area contributed by atoms with Crippen molar-refractivity contribution < 1.29 is 9.53 Å². The number of halogens is 1. The minimum Gasteiger partial charge on any atom is -0.462 e. The molecule has 0 aromatic heterocycles. The van der Waals surface area contributed by atoms with Crippen LogP contribution in [0.2, 0.25) is 5.02 Å². The molecule has 0 amide bonds. The summed E-state index contributed by atoms with van der Waals surface area (Å²) in [5.41, 5.74) is 2.02. The first kappa shape index (κ1) is 16.0. The quantitative estimate of drug-likeness (QED) is 0.666. The van der Waals surface area contributed by atoms with Crippen LogP contribution in [0.15, 0.2) is 18.2 Å². The van der Waals surface area contributed by atoms with Crippen LogP contribution in [0.3, 0.4) is 0 Å². The van der Waals surface area contributed by atoms with Crippen molar-refractivity contribution in [1.29, 1.82) is 0 Å². The van der Waals surface area contributed by atoms with Gasteiger partial charge < -0.3 is 15.0 Å². The molecule has 1 aliphatic rings. The maximum Gasteiger partial charge on any atom is 0.302 e. The fraction of sp³-hybridized carbons (Fsp3) is 0.467. The van der Waals surface area contributed by atoms with E-state index in [-0.39, 0.29) is 12.1 Å². The van der Waals surface area contributed by atoms with Gasteiger partial charge in [-0.3, -0.25) is 4.79 Å². The Bertz CT molecular complexity index is 542. The molecule has 0 aliphatic carbocycles. The highest BCUT2D eigenvalue weighted by molar-refractivity contribution is 7.80. The smallest absolute Gasteiger partial charge is 0.302 e. The Kier molecular flexibility index (Phi) is 5.42. The number of hydrogen-bond donors (Lipinski definition) is 1. The number of thiocarbonyl (C=S) groups is 1. The van der Waals surface area contributed by atoms with E-state index in [1.807, 2.05) is 25.1 Å². The Labute approximate surface area is 135 Å². The van der Waals surface area contributed by atoms with Crippen molar-refractivity contribution >= 4 is 40.6 Å². The second-order valence-electron chi connectivity index (χ2n) is 5.19. The van der Waals surface area contributed by atoms with Crippen molar-refractivity contribution in [2.75, 3.05) is 18.4 Å². The molecule has 1 saturated heterocycles. The van der Waals surface area contributed by atoms with Crippen molar-refractivity contribution in [3.05, 3.63) is 28.8 Å². The Morgan fingerprint density at radius 3 is 2.67 bits per heavy atom. The van der Waals surface area contributed by atoms with Gasteiger partial charge in [0, 0.05) is 43.6 Å². The molecule has 1 aromatic rings. The lowest BCUT2D eigenvalue weighted by molar-refractivity contribution is -0.147. The Hall–Kier alpha value is -1.33. The van der Waals surface area contributed by atoms with Crippen LogP contribution in [0.5, 0.6) is 0 Å². The molecule has 114 valence electrons. The van der Waals surface area contributed by atoms with E-state index in [0.717, 1.165) is 37.2 Å². The van der Waals surface area contributed by atoms with Crippen LogP contribution in [0.1, 0.15) is 25.3 Å². The molecule has 6 heteroatoms. The van der Waals surface area contributed by atoms with E-state index >= 15 is 0 Å². The van der Waals surface area contributed by atoms with Crippen molar-refractivity contribution in [2.24, 2.45) is 0 Å². The van der Waals surface area contributed by atoms with Crippen LogP contribution >= 0.6 is 23.8 Å². The Morgan fingerprint density at radius 1 is 1.43 bits per heavy atom. The van der Waals surface area contributed by atoms with E-state index in [1.165, 1.54) is 6.92 Å². The van der Waals surface area contributed by atoms with Gasteiger partial charge in [-0.25, -0.2) is 0 Å². The summed E-state index contributed by atoms with van der Waals surface area (Å²) in [5.74, 6) is -0.217. The number of carbonyl (C=O) groups excluding carboxylic acids is 1. The summed E-state index contributed by atoms with van der Waals surface area (Å²) in [7, 11) is 0. The van der Waals surface area contributed by atoms with Gasteiger partial charge in [-0.2, -0.15) is 0 Å². The van der Waals surface area contributed by atoms with Crippen LogP contribution in [0.25, 0.3) is 0 Å². The van der Waals surface area contributed by atoms with Gasteiger partial charge in [-0.1, -0.05) is 11.6 Å². The first-order chi connectivity index (χ1) is 9.95. The van der Waals surface area contributed by atoms with Crippen LogP contribution < -0.4 is 5.32 Å². The van der Waals surface area contributed by atoms with Crippen LogP contribution in [-0.2, 0) is 9.53 Å². The molecule has 0 radical (unpaired) electrons. The molecule has 0 bridgehead atoms. The summed E-state index contributed by atoms with van der Waals surface area (Å²) in [6.45, 7) is 5.01. The average molecular weight is 327 g/mol. The zero-order valence-electron chi connectivity index (χ0n) is 12.2. The first-order valence-electron chi connectivity index (χ1n) is 6.95. The van der Waals surface area contributed by atoms with Gasteiger partial charge in [-0.05, 0) is 42.9 Å². The zero-order valence-corrected chi connectivity index (χ0v) is 13.8. The molecule has 1 heterocycles. The van der Waals surface area contributed by atoms with E-state index in [2.05, 4.69) is 10.2 Å². The van der Waals surface area contributed by atoms with Gasteiger partial charge in [0.1, 0.15) is 6.10 Å². The van der Waals surface area contributed by atoms with E-state index in [4.69, 9.17) is 28.6 Å². The highest BCUT2D eigenvalue weighted by Crippen LogP contribution is 2.21. The summed E-state index contributed by atoms with van der Waals surface area (Å²) in [6.07, 6.45) is 1.63. The monoisotopic (exact) mass is 326 g/mol. The SMILES string of the molecule is CC(=O)OC1CCN(C(=S)Nc2ccc(Cl)cc2C)CC1. The van der Waals surface area contributed by atoms with Gasteiger partial charge in [0.05, 0.1) is 0 Å². The van der Waals surface area contributed by atoms with Gasteiger partial charge >= 0.3 is 5.97 Å². The van der Waals surface area contributed by atoms with E-state index in [0.29, 0.717) is 10.1 Å². The van der Waals surface area contributed by atoms with Gasteiger partial charge in [0.15, 0.2) is 5.11 Å². The second-order valence-corrected chi connectivity index (χ2v) is 6.01. The third-order valence-electron chi connectivity index (χ3n) is 3.49. The Morgan fingerprint density at radius 2 is 2.10 bits per heavy atom. The van der Waals surface area contributed by atoms with Crippen LogP contribution in [0.4, 0.5) is 5.69 Å². The average Bonchev–Trinajstić information content (AvgIpc) is 2.42. The molecular formula is C15H19ClN2O2S. The minimum atomic E-state index is -0.217. The summed E-state index contributed by atoms with van der Waals surface area (Å²) in [4.78, 5) is 13.0. The summed E-state index contributed by atoms with van der Waals surface area (Å²) in [5, 5.41) is 4.66. The third-order valence-corrected chi connectivity index (χ3v) is 4.09. The number of piperidine rings is 1. The molecule has 1 aromatic carbocycles. The molecule has 0 spiro atoms. The van der Waals surface area contributed by atoms with Crippen LogP contribution in [-0.4, -0.2) is 35.2 Å². The minimum absolute atomic E-state index is 0.0128. The number of likely N-dealkylation sites (tertiary alicyclic amines) is 1. The standard InChI is InChI=1S/C15H19ClN2O2S/c1-10-9-12(16)3-4-14(10)17-15(21)18-7-5-13(6-8-18)20-11(2)19/h3-4,9,13H,5-8H2,1-2H3,(H,17,21). The number of rotatable bonds is 2. The number of nitrogens with one attached hydrogen (secondary N) is 1. The molecular weight excluding hydrogens is 308 g/mol. The number of benzene rings is 1. The molecule has 1 N–H and O–H groups in total. The topological polar surface area (TPSA) is 41.6 Å². The van der Waals surface area contributed by atoms with Crippen molar-refractivity contribution in [3.8, 4) is 0 Å². The fourth-order valence-electron chi connectivity index (χ4n) is 2.37. The molecule has 0 unspecified atom stereocenters. The predicted molar refractivity (Wildman–Crippen MR) is 88.8 cm³/mol. The summed E-state index contributed by atoms with van der Waals surface area (Å²) < 4.78 is 5.23. The van der Waals surface area contributed by atoms with Crippen molar-refractivity contribution in [3.63, 3.8) is 0 Å². The van der Waals surface area contributed by atoms with Crippen LogP contribution in [0, 0.1) is 6.92 Å². The number of esters is 1. The summed E-state index contributed by atoms with van der Waals surface area (Å²) >= 11 is 11.4. The number of carbonyl (C=O) groups is 1. The van der Waals surface area contributed by atoms with Gasteiger partial charge in [-0.15, -0.1) is 0 Å². The largest absolute Gasteiger partial charge is 0.462 e. The van der Waals surface area contributed by atoms with E-state index in [9.17, 15) is 4.79 Å². The number of ether oxygens (including phenoxy) is 1. The highest BCUT2D eigenvalue weighted by atomic mass is 35.5. The fourth-order valence-corrected chi connectivity index (χ4v) is 2.89. The molecule has 0 atom stereocenters. The number of nitrogens with zero attached hydrogens (tertiary/aromatic N) is 1. The van der Waals surface area contributed by atoms with E-state index in [1.54, 1.807) is 0 Å². The first-order valence-corrected chi connectivity index (χ1v) is 7.73. The van der Waals surface area contributed by atoms with Gasteiger partial charge in [0.25, 0.3) is 0 Å². The number of aryl methyl sites for hydroxylation is 1. The maximum absolute atomic E-state index is 10.9. The zero-order chi connectivity index (χ0) is 15.4. The highest BCUT2D eigenvalue weighted by Gasteiger charge is 2.22. The molecule has 1 aliphatic heterocycles. The normalized spacial score (nSPS) is 15.7. The molecule has 0 saturated carbocycles. The number of hydrogen-bond acceptors (Lipinski definition) is 3. The predicted octanol–water partition coefficient (Wildman–Crippen LogP) is 3.37. The third kappa shape index (κ3) is 4.58. The lowest BCUT2D eigenvalue weighted by atomic mass is 10.1. The lowest BCUT2D eigenvalue weighted by Gasteiger charge is -2.33. The van der Waals surface area contributed by atoms with E-state index < -0.39 is 0 Å². The second kappa shape index (κ2) is 7.09. The van der Waals surface area contributed by atoms with Crippen molar-refractivity contribution in [1.82, 2.24) is 4.90 Å². The Balaban J connectivity index is 1.89. The lowest BCUT2D eigenvalue weighted by Crippen LogP contribution is -2.43. The van der Waals surface area contributed by atoms with Gasteiger partial charge in [0.2, 0.25) is 0 Å². The number of anilines is 1. The maximum atomic E-state index is 10.9. The summed E-state index contributed by atoms with van der Waals surface area (Å²) in [6, 6.07) is 5.67. The molecule has 2 rings (SSSR count). The van der Waals surface area contributed by atoms with Crippen molar-refractivity contribution in [2.45, 2.75) is 32.8 Å². The molecule has 4 nitrogen and oxygen atoms in total. The molecule has 1 fully saturated rings.